The van der Waals surface area contributed by atoms with Gasteiger partial charge in [0.25, 0.3) is 5.91 Å². The number of fused-ring (bicyclic) bond motifs is 1. The molecular weight excluding hydrogens is 404 g/mol. The SMILES string of the molecule is CCCN1CC=C2C(C#N)(C#N)C(N)=C(C#N)[C@H](c3ccc(OCC(N)=O)cc3)[C@]2(C)C1. The summed E-state index contributed by atoms with van der Waals surface area (Å²) >= 11 is 0. The van der Waals surface area contributed by atoms with Crippen LogP contribution in [0, 0.1) is 44.8 Å². The maximum atomic E-state index is 11.0. The number of hydrogen-bond acceptors (Lipinski definition) is 7. The van der Waals surface area contributed by atoms with Crippen LogP contribution in [-0.2, 0) is 4.79 Å². The number of nitrogens with two attached hydrogens (primary N) is 2. The molecule has 1 aromatic carbocycles. The van der Waals surface area contributed by atoms with Crippen LogP contribution in [-0.4, -0.2) is 37.0 Å². The highest BCUT2D eigenvalue weighted by Gasteiger charge is 2.58. The van der Waals surface area contributed by atoms with Crippen molar-refractivity contribution in [2.75, 3.05) is 26.2 Å². The molecule has 8 heteroatoms. The van der Waals surface area contributed by atoms with Gasteiger partial charge in [-0.1, -0.05) is 32.1 Å². The molecule has 1 heterocycles. The van der Waals surface area contributed by atoms with Gasteiger partial charge in [0.1, 0.15) is 5.75 Å². The first-order chi connectivity index (χ1) is 15.3. The van der Waals surface area contributed by atoms with Gasteiger partial charge >= 0.3 is 0 Å². The standard InChI is InChI=1S/C24H26N6O2/c1-3-9-30-10-8-19-23(2,15-30)21(18(11-25)22(29)24(19,13-26)14-27)16-4-6-17(7-5-16)32-12-20(28)31/h4-8,21H,3,9-10,12,15,29H2,1-2H3,(H2,28,31)/t21-,23+/m0/s1. The Balaban J connectivity index is 2.18. The fraction of sp³-hybridized carbons (Fsp3) is 0.417. The summed E-state index contributed by atoms with van der Waals surface area (Å²) in [6.45, 7) is 5.92. The smallest absolute Gasteiger partial charge is 0.255 e. The molecule has 0 fully saturated rings. The molecule has 2 atom stereocenters. The molecule has 0 spiro atoms. The highest BCUT2D eigenvalue weighted by Crippen LogP contribution is 2.59. The third-order valence-electron chi connectivity index (χ3n) is 6.34. The average molecular weight is 431 g/mol. The number of rotatable bonds is 6. The maximum absolute atomic E-state index is 11.0. The first-order valence-electron chi connectivity index (χ1n) is 10.4. The Hall–Kier alpha value is -3.80. The Labute approximate surface area is 188 Å². The molecule has 0 aromatic heterocycles. The van der Waals surface area contributed by atoms with Crippen molar-refractivity contribution in [2.45, 2.75) is 26.2 Å². The molecule has 3 rings (SSSR count). The van der Waals surface area contributed by atoms with Gasteiger partial charge in [0.2, 0.25) is 5.41 Å². The average Bonchev–Trinajstić information content (AvgIpc) is 2.78. The summed E-state index contributed by atoms with van der Waals surface area (Å²) in [6.07, 6.45) is 2.89. The zero-order valence-corrected chi connectivity index (χ0v) is 18.3. The van der Waals surface area contributed by atoms with Gasteiger partial charge in [-0.15, -0.1) is 0 Å². The second-order valence-corrected chi connectivity index (χ2v) is 8.44. The molecule has 0 unspecified atom stereocenters. The van der Waals surface area contributed by atoms with Gasteiger partial charge in [0, 0.05) is 24.4 Å². The molecule has 4 N–H and O–H groups in total. The minimum atomic E-state index is -1.67. The van der Waals surface area contributed by atoms with E-state index >= 15 is 0 Å². The van der Waals surface area contributed by atoms with Crippen LogP contribution in [0.5, 0.6) is 5.75 Å². The summed E-state index contributed by atoms with van der Waals surface area (Å²) in [5, 5.41) is 30.2. The molecule has 2 aliphatic rings. The topological polar surface area (TPSA) is 153 Å². The molecule has 8 nitrogen and oxygen atoms in total. The van der Waals surface area contributed by atoms with E-state index in [-0.39, 0.29) is 17.9 Å². The van der Waals surface area contributed by atoms with Gasteiger partial charge in [-0.3, -0.25) is 9.69 Å². The number of nitriles is 3. The maximum Gasteiger partial charge on any atom is 0.255 e. The van der Waals surface area contributed by atoms with Crippen LogP contribution < -0.4 is 16.2 Å². The Bertz CT molecular complexity index is 1090. The number of amides is 1. The minimum absolute atomic E-state index is 0.00304. The van der Waals surface area contributed by atoms with Crippen LogP contribution in [0.15, 0.2) is 47.2 Å². The molecular formula is C24H26N6O2. The molecule has 0 saturated heterocycles. The van der Waals surface area contributed by atoms with E-state index in [0.717, 1.165) is 18.5 Å². The monoisotopic (exact) mass is 430 g/mol. The van der Waals surface area contributed by atoms with E-state index in [1.807, 2.05) is 25.1 Å². The first-order valence-corrected chi connectivity index (χ1v) is 10.4. The third-order valence-corrected chi connectivity index (χ3v) is 6.34. The van der Waals surface area contributed by atoms with Crippen LogP contribution in [0.4, 0.5) is 0 Å². The fourth-order valence-corrected chi connectivity index (χ4v) is 5.04. The minimum Gasteiger partial charge on any atom is -0.484 e. The molecule has 0 saturated carbocycles. The lowest BCUT2D eigenvalue weighted by Gasteiger charge is -2.52. The van der Waals surface area contributed by atoms with E-state index in [9.17, 15) is 20.6 Å². The number of carbonyl (C=O) groups excluding carboxylic acids is 1. The van der Waals surface area contributed by atoms with E-state index in [1.54, 1.807) is 12.1 Å². The van der Waals surface area contributed by atoms with E-state index in [2.05, 4.69) is 30.0 Å². The molecule has 1 amide bonds. The molecule has 1 aromatic rings. The number of allylic oxidation sites excluding steroid dienone is 2. The molecule has 164 valence electrons. The Morgan fingerprint density at radius 3 is 2.44 bits per heavy atom. The molecule has 1 aliphatic carbocycles. The van der Waals surface area contributed by atoms with Crippen molar-refractivity contribution in [3.63, 3.8) is 0 Å². The van der Waals surface area contributed by atoms with Crippen LogP contribution in [0.1, 0.15) is 31.7 Å². The number of ether oxygens (including phenoxy) is 1. The number of nitrogens with zero attached hydrogens (tertiary/aromatic N) is 4. The van der Waals surface area contributed by atoms with Crippen molar-refractivity contribution in [1.29, 1.82) is 15.8 Å². The largest absolute Gasteiger partial charge is 0.484 e. The van der Waals surface area contributed by atoms with E-state index in [4.69, 9.17) is 16.2 Å². The van der Waals surface area contributed by atoms with Gasteiger partial charge in [-0.05, 0) is 36.2 Å². The van der Waals surface area contributed by atoms with Crippen LogP contribution in [0.2, 0.25) is 0 Å². The summed E-state index contributed by atoms with van der Waals surface area (Å²) in [5.41, 5.74) is 10.8. The van der Waals surface area contributed by atoms with Gasteiger partial charge in [-0.2, -0.15) is 15.8 Å². The second-order valence-electron chi connectivity index (χ2n) is 8.44. The first kappa shape index (κ1) is 22.9. The van der Waals surface area contributed by atoms with E-state index in [1.165, 1.54) is 0 Å². The summed E-state index contributed by atoms with van der Waals surface area (Å²) in [6, 6.07) is 13.5. The lowest BCUT2D eigenvalue weighted by molar-refractivity contribution is -0.119. The predicted octanol–water partition coefficient (Wildman–Crippen LogP) is 2.08. The van der Waals surface area contributed by atoms with Crippen molar-refractivity contribution in [1.82, 2.24) is 4.90 Å². The Kier molecular flexibility index (Phi) is 6.25. The summed E-state index contributed by atoms with van der Waals surface area (Å²) in [7, 11) is 0. The highest BCUT2D eigenvalue weighted by atomic mass is 16.5. The van der Waals surface area contributed by atoms with Crippen LogP contribution in [0.3, 0.4) is 0 Å². The van der Waals surface area contributed by atoms with E-state index < -0.39 is 22.7 Å². The van der Waals surface area contributed by atoms with Crippen molar-refractivity contribution in [3.8, 4) is 24.0 Å². The predicted molar refractivity (Wildman–Crippen MR) is 117 cm³/mol. The third kappa shape index (κ3) is 3.58. The summed E-state index contributed by atoms with van der Waals surface area (Å²) in [4.78, 5) is 13.2. The Morgan fingerprint density at radius 1 is 1.25 bits per heavy atom. The lowest BCUT2D eigenvalue weighted by atomic mass is 9.52. The van der Waals surface area contributed by atoms with Crippen LogP contribution >= 0.6 is 0 Å². The van der Waals surface area contributed by atoms with Gasteiger partial charge in [0.15, 0.2) is 6.61 Å². The summed E-state index contributed by atoms with van der Waals surface area (Å²) in [5.74, 6) is -0.550. The second kappa shape index (κ2) is 8.75. The van der Waals surface area contributed by atoms with Crippen molar-refractivity contribution < 1.29 is 9.53 Å². The fourth-order valence-electron chi connectivity index (χ4n) is 5.04. The van der Waals surface area contributed by atoms with E-state index in [0.29, 0.717) is 24.4 Å². The lowest BCUT2D eigenvalue weighted by Crippen LogP contribution is -2.53. The van der Waals surface area contributed by atoms with Gasteiger partial charge < -0.3 is 16.2 Å². The van der Waals surface area contributed by atoms with Crippen molar-refractivity contribution in [2.24, 2.45) is 22.3 Å². The zero-order chi connectivity index (χ0) is 23.5. The summed E-state index contributed by atoms with van der Waals surface area (Å²) < 4.78 is 5.35. The van der Waals surface area contributed by atoms with Gasteiger partial charge in [-0.25, -0.2) is 0 Å². The Morgan fingerprint density at radius 2 is 1.91 bits per heavy atom. The number of benzene rings is 1. The number of carbonyl (C=O) groups is 1. The molecule has 32 heavy (non-hydrogen) atoms. The van der Waals surface area contributed by atoms with Crippen molar-refractivity contribution in [3.05, 3.63) is 52.7 Å². The zero-order valence-electron chi connectivity index (χ0n) is 18.3. The molecule has 1 aliphatic heterocycles. The molecule has 0 bridgehead atoms. The normalized spacial score (nSPS) is 24.3. The van der Waals surface area contributed by atoms with Crippen molar-refractivity contribution >= 4 is 5.91 Å². The van der Waals surface area contributed by atoms with Crippen LogP contribution in [0.25, 0.3) is 0 Å². The molecule has 0 radical (unpaired) electrons. The number of primary amides is 1. The quantitative estimate of drug-likeness (QED) is 0.655. The van der Waals surface area contributed by atoms with Gasteiger partial charge in [0.05, 0.1) is 29.5 Å². The highest BCUT2D eigenvalue weighted by molar-refractivity contribution is 5.75. The number of hydrogen-bond donors (Lipinski definition) is 2.